The minimum Gasteiger partial charge on any atom is -0.398 e. The summed E-state index contributed by atoms with van der Waals surface area (Å²) in [5, 5.41) is 12.9. The summed E-state index contributed by atoms with van der Waals surface area (Å²) in [6.45, 7) is 0. The zero-order valence-corrected chi connectivity index (χ0v) is 23.5. The molecule has 42 heavy (non-hydrogen) atoms. The molecule has 6 N–H and O–H groups in total. The van der Waals surface area contributed by atoms with Crippen LogP contribution < -0.4 is 11.1 Å². The first kappa shape index (κ1) is 29.1. The number of nitrogen functional groups attached to an aromatic ring is 1. The van der Waals surface area contributed by atoms with E-state index in [0.717, 1.165) is 6.07 Å². The Morgan fingerprint density at radius 3 is 1.69 bits per heavy atom. The van der Waals surface area contributed by atoms with Crippen molar-refractivity contribution in [3.8, 4) is 0 Å². The summed E-state index contributed by atoms with van der Waals surface area (Å²) in [5.41, 5.74) is 7.38. The Hall–Kier alpha value is -4.45. The quantitative estimate of drug-likeness (QED) is 0.0862. The predicted octanol–water partition coefficient (Wildman–Crippen LogP) is 5.47. The maximum atomic E-state index is 11.9. The Balaban J connectivity index is 1.65. The fourth-order valence-corrected chi connectivity index (χ4v) is 5.79. The SMILES string of the molecule is Nc1ccc(N=Nc2ccc(Nc3cccc(S(=O)(=O)O)c3)c3cc(S(=O)(=O)O)ccc23)c2cc(S(=O)(=O)O)ccc12. The molecule has 0 bridgehead atoms. The lowest BCUT2D eigenvalue weighted by Crippen LogP contribution is -2.00. The van der Waals surface area contributed by atoms with Crippen LogP contribution in [0.3, 0.4) is 0 Å². The van der Waals surface area contributed by atoms with Crippen molar-refractivity contribution in [2.75, 3.05) is 11.1 Å². The predicted molar refractivity (Wildman–Crippen MR) is 156 cm³/mol. The van der Waals surface area contributed by atoms with Crippen LogP contribution in [0.1, 0.15) is 0 Å². The lowest BCUT2D eigenvalue weighted by atomic mass is 10.1. The number of nitrogens with one attached hydrogen (secondary N) is 1. The maximum Gasteiger partial charge on any atom is 0.294 e. The Bertz CT molecular complexity index is 2270. The highest BCUT2D eigenvalue weighted by Gasteiger charge is 2.16. The van der Waals surface area contributed by atoms with Gasteiger partial charge in [0.1, 0.15) is 0 Å². The van der Waals surface area contributed by atoms with Gasteiger partial charge in [0.2, 0.25) is 0 Å². The van der Waals surface area contributed by atoms with Crippen LogP contribution in [0.2, 0.25) is 0 Å². The molecule has 0 fully saturated rings. The molecule has 5 aromatic carbocycles. The van der Waals surface area contributed by atoms with E-state index in [2.05, 4.69) is 15.5 Å². The molecule has 0 saturated carbocycles. The smallest absolute Gasteiger partial charge is 0.294 e. The second-order valence-electron chi connectivity index (χ2n) is 9.00. The number of anilines is 3. The molecule has 216 valence electrons. The van der Waals surface area contributed by atoms with E-state index in [1.165, 1.54) is 72.8 Å². The summed E-state index contributed by atoms with van der Waals surface area (Å²) in [7, 11) is -13.6. The molecule has 0 spiro atoms. The first-order valence-electron chi connectivity index (χ1n) is 11.7. The number of nitrogens with zero attached hydrogens (tertiary/aromatic N) is 2. The number of rotatable bonds is 7. The molecular formula is C26H20N4O9S3. The molecule has 0 amide bonds. The van der Waals surface area contributed by atoms with Crippen LogP contribution >= 0.6 is 0 Å². The Labute approximate surface area is 239 Å². The van der Waals surface area contributed by atoms with Crippen molar-refractivity contribution < 1.29 is 38.9 Å². The first-order chi connectivity index (χ1) is 19.6. The highest BCUT2D eigenvalue weighted by Crippen LogP contribution is 2.38. The van der Waals surface area contributed by atoms with Crippen LogP contribution in [0.25, 0.3) is 21.5 Å². The van der Waals surface area contributed by atoms with Gasteiger partial charge in [-0.2, -0.15) is 25.3 Å². The number of hydrogen-bond donors (Lipinski definition) is 5. The van der Waals surface area contributed by atoms with Gasteiger partial charge in [0.15, 0.2) is 0 Å². The third kappa shape index (κ3) is 5.94. The molecule has 5 aromatic rings. The summed E-state index contributed by atoms with van der Waals surface area (Å²) in [6, 6.07) is 19.0. The lowest BCUT2D eigenvalue weighted by Gasteiger charge is -2.13. The van der Waals surface area contributed by atoms with Gasteiger partial charge in [0.05, 0.1) is 26.1 Å². The summed E-state index contributed by atoms with van der Waals surface area (Å²) >= 11 is 0. The van der Waals surface area contributed by atoms with Crippen LogP contribution in [0.4, 0.5) is 28.4 Å². The highest BCUT2D eigenvalue weighted by molar-refractivity contribution is 7.86. The van der Waals surface area contributed by atoms with E-state index in [4.69, 9.17) is 5.73 Å². The van der Waals surface area contributed by atoms with Crippen molar-refractivity contribution in [1.29, 1.82) is 0 Å². The fraction of sp³-hybridized carbons (Fsp3) is 0. The van der Waals surface area contributed by atoms with Crippen LogP contribution in [0.15, 0.2) is 110 Å². The van der Waals surface area contributed by atoms with E-state index in [-0.39, 0.29) is 32.2 Å². The van der Waals surface area contributed by atoms with Gasteiger partial charge in [0, 0.05) is 38.6 Å². The van der Waals surface area contributed by atoms with Crippen LogP contribution in [0, 0.1) is 0 Å². The Morgan fingerprint density at radius 1 is 0.548 bits per heavy atom. The van der Waals surface area contributed by atoms with Gasteiger partial charge in [-0.15, -0.1) is 10.2 Å². The van der Waals surface area contributed by atoms with Gasteiger partial charge in [-0.3, -0.25) is 13.7 Å². The second-order valence-corrected chi connectivity index (χ2v) is 13.3. The van der Waals surface area contributed by atoms with Crippen molar-refractivity contribution >= 4 is 80.3 Å². The van der Waals surface area contributed by atoms with Crippen LogP contribution in [-0.2, 0) is 30.4 Å². The van der Waals surface area contributed by atoms with Gasteiger partial charge in [-0.05, 0) is 66.7 Å². The largest absolute Gasteiger partial charge is 0.398 e. The monoisotopic (exact) mass is 628 g/mol. The molecule has 5 rings (SSSR count). The second kappa shape index (κ2) is 10.4. The number of azo groups is 1. The van der Waals surface area contributed by atoms with Gasteiger partial charge in [-0.25, -0.2) is 0 Å². The topological polar surface area (TPSA) is 226 Å². The number of hydrogen-bond acceptors (Lipinski definition) is 10. The van der Waals surface area contributed by atoms with Crippen LogP contribution in [-0.4, -0.2) is 38.9 Å². The van der Waals surface area contributed by atoms with Crippen molar-refractivity contribution in [1.82, 2.24) is 0 Å². The third-order valence-corrected chi connectivity index (χ3v) is 8.78. The lowest BCUT2D eigenvalue weighted by molar-refractivity contribution is 0.481. The van der Waals surface area contributed by atoms with Gasteiger partial charge in [-0.1, -0.05) is 18.2 Å². The minimum atomic E-state index is -4.60. The molecule has 13 nitrogen and oxygen atoms in total. The number of benzene rings is 5. The number of fused-ring (bicyclic) bond motifs is 2. The third-order valence-electron chi connectivity index (χ3n) is 6.24. The highest BCUT2D eigenvalue weighted by atomic mass is 32.2. The minimum absolute atomic E-state index is 0.219. The van der Waals surface area contributed by atoms with Crippen molar-refractivity contribution in [2.24, 2.45) is 10.2 Å². The average molecular weight is 629 g/mol. The molecule has 0 saturated heterocycles. The Kier molecular flexibility index (Phi) is 7.22. The molecule has 0 aliphatic heterocycles. The van der Waals surface area contributed by atoms with Crippen molar-refractivity contribution in [3.05, 3.63) is 84.9 Å². The van der Waals surface area contributed by atoms with Crippen molar-refractivity contribution in [2.45, 2.75) is 14.7 Å². The zero-order chi connectivity index (χ0) is 30.4. The molecule has 0 atom stereocenters. The molecule has 0 heterocycles. The first-order valence-corrected chi connectivity index (χ1v) is 16.0. The summed E-state index contributed by atoms with van der Waals surface area (Å²) in [5.74, 6) is 0. The normalized spacial score (nSPS) is 12.7. The average Bonchev–Trinajstić information content (AvgIpc) is 2.92. The van der Waals surface area contributed by atoms with Gasteiger partial charge >= 0.3 is 0 Å². The van der Waals surface area contributed by atoms with E-state index in [1.807, 2.05) is 0 Å². The van der Waals surface area contributed by atoms with Gasteiger partial charge < -0.3 is 11.1 Å². The molecule has 0 aliphatic carbocycles. The fourth-order valence-electron chi connectivity index (χ4n) is 4.25. The Morgan fingerprint density at radius 2 is 1.07 bits per heavy atom. The number of nitrogens with two attached hydrogens (primary N) is 1. The van der Waals surface area contributed by atoms with Crippen LogP contribution in [0.5, 0.6) is 0 Å². The molecule has 0 aliphatic rings. The van der Waals surface area contributed by atoms with E-state index in [0.29, 0.717) is 27.5 Å². The summed E-state index contributed by atoms with van der Waals surface area (Å²) < 4.78 is 98.7. The van der Waals surface area contributed by atoms with Crippen molar-refractivity contribution in [3.63, 3.8) is 0 Å². The molecule has 16 heteroatoms. The summed E-state index contributed by atoms with van der Waals surface area (Å²) in [4.78, 5) is -1.15. The van der Waals surface area contributed by atoms with E-state index >= 15 is 0 Å². The molecular weight excluding hydrogens is 609 g/mol. The molecule has 0 aromatic heterocycles. The maximum absolute atomic E-state index is 11.9. The van der Waals surface area contributed by atoms with Gasteiger partial charge in [0.25, 0.3) is 30.4 Å². The molecule has 0 unspecified atom stereocenters. The van der Waals surface area contributed by atoms with E-state index in [9.17, 15) is 38.9 Å². The zero-order valence-electron chi connectivity index (χ0n) is 21.1. The van der Waals surface area contributed by atoms with E-state index in [1.54, 1.807) is 6.07 Å². The van der Waals surface area contributed by atoms with E-state index < -0.39 is 35.2 Å². The standard InChI is InChI=1S/C26H20N4O9S3/c27-23-8-9-26(21-13-17(41(34,35)36)4-6-19(21)23)30-29-25-11-10-24(22-14-18(42(37,38)39)5-7-20(22)25)28-15-2-1-3-16(12-15)40(31,32)33/h1-14,28H,27H2,(H,31,32,33)(H,34,35,36)(H,37,38,39). The summed E-state index contributed by atoms with van der Waals surface area (Å²) in [6.07, 6.45) is 0. The molecule has 0 radical (unpaired) electrons.